The van der Waals surface area contributed by atoms with Crippen molar-refractivity contribution in [1.82, 2.24) is 0 Å². The Labute approximate surface area is 204 Å². The molecule has 3 aromatic rings. The molecule has 4 rings (SSSR count). The average Bonchev–Trinajstić information content (AvgIpc) is 2.82. The maximum Gasteiger partial charge on any atom is 0.311 e. The van der Waals surface area contributed by atoms with Gasteiger partial charge in [0.1, 0.15) is 11.5 Å². The van der Waals surface area contributed by atoms with E-state index < -0.39 is 32.9 Å². The Balaban J connectivity index is 1.56. The van der Waals surface area contributed by atoms with Crippen molar-refractivity contribution in [2.75, 3.05) is 19.0 Å². The van der Waals surface area contributed by atoms with Gasteiger partial charge in [0.2, 0.25) is 0 Å². The molecule has 1 aliphatic rings. The van der Waals surface area contributed by atoms with Gasteiger partial charge in [-0.05, 0) is 66.9 Å². The van der Waals surface area contributed by atoms with E-state index in [1.165, 1.54) is 12.1 Å². The fraction of sp³-hybridized carbons (Fsp3) is 0.269. The molecular weight excluding hydrogens is 476 g/mol. The first-order valence-corrected chi connectivity index (χ1v) is 12.9. The summed E-state index contributed by atoms with van der Waals surface area (Å²) in [6, 6.07) is 22.3. The quantitative estimate of drug-likeness (QED) is 0.454. The summed E-state index contributed by atoms with van der Waals surface area (Å²) >= 11 is 5.88. The molecule has 2 unspecified atom stereocenters. The van der Waals surface area contributed by atoms with Crippen molar-refractivity contribution < 1.29 is 27.8 Å². The lowest BCUT2D eigenvalue weighted by atomic mass is 9.71. The lowest BCUT2D eigenvalue weighted by Gasteiger charge is -2.40. The van der Waals surface area contributed by atoms with Gasteiger partial charge in [0.05, 0.1) is 22.7 Å². The highest BCUT2D eigenvalue weighted by atomic mass is 35.5. The molecule has 178 valence electrons. The van der Waals surface area contributed by atoms with E-state index in [1.54, 1.807) is 36.4 Å². The van der Waals surface area contributed by atoms with E-state index in [1.807, 2.05) is 30.3 Å². The van der Waals surface area contributed by atoms with E-state index in [-0.39, 0.29) is 24.5 Å². The zero-order chi connectivity index (χ0) is 24.2. The molecule has 6 nitrogen and oxygen atoms in total. The molecule has 8 heteroatoms. The number of hydrogen-bond acceptors (Lipinski definition) is 5. The van der Waals surface area contributed by atoms with Gasteiger partial charge in [-0.3, -0.25) is 4.79 Å². The summed E-state index contributed by atoms with van der Waals surface area (Å²) in [5.74, 6) is -1.04. The molecule has 0 spiro atoms. The second kappa shape index (κ2) is 10.2. The highest BCUT2D eigenvalue weighted by Gasteiger charge is 2.50. The third-order valence-electron chi connectivity index (χ3n) is 6.22. The molecular formula is C26H25ClO6S. The first-order chi connectivity index (χ1) is 16.3. The first kappa shape index (κ1) is 24.3. The van der Waals surface area contributed by atoms with Crippen molar-refractivity contribution in [3.05, 3.63) is 89.4 Å². The lowest BCUT2D eigenvalue weighted by Crippen LogP contribution is -2.50. The zero-order valence-corrected chi connectivity index (χ0v) is 20.0. The number of sulfone groups is 1. The number of rotatable bonds is 8. The molecule has 3 aromatic carbocycles. The van der Waals surface area contributed by atoms with Gasteiger partial charge >= 0.3 is 5.97 Å². The number of hydrogen-bond donors (Lipinski definition) is 1. The van der Waals surface area contributed by atoms with Crippen molar-refractivity contribution in [1.29, 1.82) is 0 Å². The Kier molecular flexibility index (Phi) is 7.26. The van der Waals surface area contributed by atoms with Crippen molar-refractivity contribution in [2.24, 2.45) is 11.3 Å². The highest BCUT2D eigenvalue weighted by Crippen LogP contribution is 2.41. The van der Waals surface area contributed by atoms with Crippen LogP contribution in [0.2, 0.25) is 5.02 Å². The van der Waals surface area contributed by atoms with Gasteiger partial charge in [-0.25, -0.2) is 8.42 Å². The van der Waals surface area contributed by atoms with Gasteiger partial charge in [-0.1, -0.05) is 41.9 Å². The van der Waals surface area contributed by atoms with Crippen LogP contribution in [0.25, 0.3) is 0 Å². The molecule has 1 saturated heterocycles. The molecule has 0 radical (unpaired) electrons. The van der Waals surface area contributed by atoms with Gasteiger partial charge in [0.15, 0.2) is 9.84 Å². The van der Waals surface area contributed by atoms with Gasteiger partial charge in [-0.15, -0.1) is 0 Å². The minimum absolute atomic E-state index is 0.0570. The molecule has 0 bridgehead atoms. The first-order valence-electron chi connectivity index (χ1n) is 10.9. The smallest absolute Gasteiger partial charge is 0.311 e. The highest BCUT2D eigenvalue weighted by molar-refractivity contribution is 7.91. The minimum Gasteiger partial charge on any atom is -0.481 e. The van der Waals surface area contributed by atoms with E-state index in [0.29, 0.717) is 22.9 Å². The van der Waals surface area contributed by atoms with Crippen LogP contribution in [0.5, 0.6) is 11.5 Å². The maximum atomic E-state index is 13.4. The maximum absolute atomic E-state index is 13.4. The number of carboxylic acid groups (broad SMARTS) is 1. The Hall–Kier alpha value is -2.87. The normalized spacial score (nSPS) is 20.6. The summed E-state index contributed by atoms with van der Waals surface area (Å²) in [4.78, 5) is 12.6. The SMILES string of the molecule is O=C(O)C1(CS(=O)(=O)c2ccc(Oc3ccc(Cl)cc3)cc2)CCOCC1Cc1ccccc1. The van der Waals surface area contributed by atoms with Crippen LogP contribution in [0.15, 0.2) is 83.8 Å². The summed E-state index contributed by atoms with van der Waals surface area (Å²) in [6.07, 6.45) is 0.563. The van der Waals surface area contributed by atoms with Crippen LogP contribution in [0, 0.1) is 11.3 Å². The van der Waals surface area contributed by atoms with Crippen LogP contribution in [-0.4, -0.2) is 38.5 Å². The largest absolute Gasteiger partial charge is 0.481 e. The number of carboxylic acids is 1. The third kappa shape index (κ3) is 5.43. The molecule has 34 heavy (non-hydrogen) atoms. The molecule has 1 fully saturated rings. The molecule has 0 saturated carbocycles. The summed E-state index contributed by atoms with van der Waals surface area (Å²) in [5, 5.41) is 10.8. The molecule has 1 heterocycles. The number of carbonyl (C=O) groups is 1. The van der Waals surface area contributed by atoms with E-state index >= 15 is 0 Å². The number of ether oxygens (including phenoxy) is 2. The average molecular weight is 501 g/mol. The zero-order valence-electron chi connectivity index (χ0n) is 18.4. The van der Waals surface area contributed by atoms with E-state index in [4.69, 9.17) is 21.1 Å². The number of benzene rings is 3. The van der Waals surface area contributed by atoms with Crippen molar-refractivity contribution in [2.45, 2.75) is 17.7 Å². The Bertz CT molecular complexity index is 1230. The minimum atomic E-state index is -3.89. The van der Waals surface area contributed by atoms with Gasteiger partial charge in [0.25, 0.3) is 0 Å². The van der Waals surface area contributed by atoms with Crippen LogP contribution in [0.1, 0.15) is 12.0 Å². The monoisotopic (exact) mass is 500 g/mol. The molecule has 1 N–H and O–H groups in total. The van der Waals surface area contributed by atoms with Crippen LogP contribution in [0.4, 0.5) is 0 Å². The fourth-order valence-electron chi connectivity index (χ4n) is 4.31. The molecule has 0 aliphatic carbocycles. The predicted molar refractivity (Wildman–Crippen MR) is 129 cm³/mol. The summed E-state index contributed by atoms with van der Waals surface area (Å²) < 4.78 is 38.0. The van der Waals surface area contributed by atoms with E-state index in [0.717, 1.165) is 5.56 Å². The Morgan fingerprint density at radius 1 is 1.00 bits per heavy atom. The van der Waals surface area contributed by atoms with Gasteiger partial charge < -0.3 is 14.6 Å². The van der Waals surface area contributed by atoms with Crippen molar-refractivity contribution >= 4 is 27.4 Å². The molecule has 2 atom stereocenters. The topological polar surface area (TPSA) is 89.9 Å². The van der Waals surface area contributed by atoms with Gasteiger partial charge in [-0.2, -0.15) is 0 Å². The fourth-order valence-corrected chi connectivity index (χ4v) is 6.33. The van der Waals surface area contributed by atoms with Crippen LogP contribution < -0.4 is 4.74 Å². The third-order valence-corrected chi connectivity index (χ3v) is 8.36. The Morgan fingerprint density at radius 3 is 2.24 bits per heavy atom. The molecule has 1 aliphatic heterocycles. The number of aliphatic carboxylic acids is 1. The standard InChI is InChI=1S/C26H25ClO6S/c27-21-6-8-22(9-7-21)33-23-10-12-24(13-11-23)34(30,31)18-26(25(28)29)14-15-32-17-20(26)16-19-4-2-1-3-5-19/h1-13,20H,14-18H2,(H,28,29). The lowest BCUT2D eigenvalue weighted by molar-refractivity contribution is -0.159. The van der Waals surface area contributed by atoms with Gasteiger partial charge in [0, 0.05) is 17.5 Å². The predicted octanol–water partition coefficient (Wildman–Crippen LogP) is 5.26. The molecule has 0 aromatic heterocycles. The summed E-state index contributed by atoms with van der Waals surface area (Å²) in [6.45, 7) is 0.408. The second-order valence-electron chi connectivity index (χ2n) is 8.46. The van der Waals surface area contributed by atoms with Crippen LogP contribution in [0.3, 0.4) is 0 Å². The second-order valence-corrected chi connectivity index (χ2v) is 10.9. The van der Waals surface area contributed by atoms with E-state index in [9.17, 15) is 18.3 Å². The summed E-state index contributed by atoms with van der Waals surface area (Å²) in [7, 11) is -3.89. The molecule has 0 amide bonds. The van der Waals surface area contributed by atoms with Crippen molar-refractivity contribution in [3.8, 4) is 11.5 Å². The van der Waals surface area contributed by atoms with Crippen molar-refractivity contribution in [3.63, 3.8) is 0 Å². The number of halogens is 1. The van der Waals surface area contributed by atoms with Crippen LogP contribution in [-0.2, 0) is 25.8 Å². The van der Waals surface area contributed by atoms with E-state index in [2.05, 4.69) is 0 Å². The van der Waals surface area contributed by atoms with Crippen LogP contribution >= 0.6 is 11.6 Å². The Morgan fingerprint density at radius 2 is 1.62 bits per heavy atom. The summed E-state index contributed by atoms with van der Waals surface area (Å²) in [5.41, 5.74) is -0.490.